The Hall–Kier alpha value is -0.157. The molecule has 0 amide bonds. The fraction of sp³-hybridized carbons (Fsp3) is 0.467. The summed E-state index contributed by atoms with van der Waals surface area (Å²) in [6.07, 6.45) is 17.6. The average molecular weight is 289 g/mol. The molecule has 3 aliphatic rings. The van der Waals surface area contributed by atoms with Crippen molar-refractivity contribution in [2.24, 2.45) is 5.92 Å². The van der Waals surface area contributed by atoms with E-state index in [4.69, 9.17) is 0 Å². The molecular weight excluding hydrogens is 271 g/mol. The topological polar surface area (TPSA) is 0 Å². The third kappa shape index (κ3) is 1.88. The Bertz CT molecular complexity index is 415. The monoisotopic (exact) mass is 287 g/mol. The van der Waals surface area contributed by atoms with Crippen molar-refractivity contribution in [3.05, 3.63) is 44.3 Å². The van der Waals surface area contributed by atoms with Crippen molar-refractivity contribution in [3.8, 4) is 0 Å². The van der Waals surface area contributed by atoms with Gasteiger partial charge in [0.15, 0.2) is 0 Å². The van der Waals surface area contributed by atoms with Crippen LogP contribution in [0.3, 0.4) is 0 Å². The molecule has 0 bridgehead atoms. The molecule has 0 unspecified atom stereocenters. The second kappa shape index (κ2) is 4.61. The molecule has 0 aromatic heterocycles. The normalized spacial score (nSPS) is 25.4. The Morgan fingerprint density at radius 2 is 1.75 bits per heavy atom. The third-order valence-electron chi connectivity index (χ3n) is 4.02. The van der Waals surface area contributed by atoms with Gasteiger partial charge in [0.05, 0.1) is 0 Å². The van der Waals surface area contributed by atoms with Crippen LogP contribution in [0.15, 0.2) is 44.3 Å². The first-order valence-corrected chi connectivity index (χ1v) is 7.60. The standard InChI is InChI=1S/C15H17.Zr/c1-2-7-12(6-1)14-10-5-11-15(14)13-8-3-4-9-13;/h1,5-6,11,13H,2-4,8-10H2;. The molecule has 0 radical (unpaired) electrons. The zero-order valence-electron chi connectivity index (χ0n) is 9.63. The molecule has 0 aromatic carbocycles. The fourth-order valence-electron chi connectivity index (χ4n) is 3.19. The Balaban J connectivity index is 1.96. The molecular formula is C15H17Zr. The van der Waals surface area contributed by atoms with Gasteiger partial charge in [-0.2, -0.15) is 0 Å². The van der Waals surface area contributed by atoms with E-state index in [9.17, 15) is 0 Å². The molecule has 0 saturated heterocycles. The van der Waals surface area contributed by atoms with Crippen molar-refractivity contribution < 1.29 is 24.7 Å². The van der Waals surface area contributed by atoms with E-state index in [0.717, 1.165) is 5.92 Å². The number of allylic oxidation sites excluding steroid dienone is 8. The van der Waals surface area contributed by atoms with Crippen molar-refractivity contribution in [3.63, 3.8) is 0 Å². The van der Waals surface area contributed by atoms with Gasteiger partial charge in [-0.3, -0.25) is 0 Å². The maximum atomic E-state index is 2.41. The SMILES string of the molecule is [Zr][C]1=C(C2=C(C3CCCC3)C=CC2)C=CC1. The van der Waals surface area contributed by atoms with E-state index in [1.54, 1.807) is 44.7 Å². The summed E-state index contributed by atoms with van der Waals surface area (Å²) in [5.74, 6) is 0.874. The van der Waals surface area contributed by atoms with E-state index < -0.39 is 0 Å². The Morgan fingerprint density at radius 1 is 1.00 bits per heavy atom. The molecule has 1 heteroatoms. The van der Waals surface area contributed by atoms with Gasteiger partial charge >= 0.3 is 113 Å². The summed E-state index contributed by atoms with van der Waals surface area (Å²) in [6.45, 7) is 0. The molecule has 0 nitrogen and oxygen atoms in total. The van der Waals surface area contributed by atoms with Gasteiger partial charge in [-0.05, 0) is 0 Å². The summed E-state index contributed by atoms with van der Waals surface area (Å²) in [5, 5.41) is 0. The summed E-state index contributed by atoms with van der Waals surface area (Å²) < 4.78 is 1.65. The molecule has 0 atom stereocenters. The summed E-state index contributed by atoms with van der Waals surface area (Å²) in [6, 6.07) is 0. The van der Waals surface area contributed by atoms with Crippen LogP contribution in [0.4, 0.5) is 0 Å². The first-order chi connectivity index (χ1) is 7.86. The van der Waals surface area contributed by atoms with Gasteiger partial charge in [-0.1, -0.05) is 0 Å². The predicted octanol–water partition coefficient (Wildman–Crippen LogP) is 4.19. The number of rotatable bonds is 2. The Morgan fingerprint density at radius 3 is 2.44 bits per heavy atom. The van der Waals surface area contributed by atoms with Gasteiger partial charge in [0.2, 0.25) is 0 Å². The molecule has 16 heavy (non-hydrogen) atoms. The van der Waals surface area contributed by atoms with Crippen LogP contribution in [0.1, 0.15) is 38.5 Å². The van der Waals surface area contributed by atoms with E-state index in [1.807, 2.05) is 0 Å². The fourth-order valence-corrected chi connectivity index (χ4v) is 4.06. The van der Waals surface area contributed by atoms with Crippen LogP contribution in [0.2, 0.25) is 0 Å². The minimum atomic E-state index is 0.874. The van der Waals surface area contributed by atoms with Crippen LogP contribution < -0.4 is 0 Å². The van der Waals surface area contributed by atoms with E-state index in [2.05, 4.69) is 24.3 Å². The summed E-state index contributed by atoms with van der Waals surface area (Å²) in [4.78, 5) is 0. The van der Waals surface area contributed by atoms with Gasteiger partial charge in [0.1, 0.15) is 0 Å². The van der Waals surface area contributed by atoms with Crippen molar-refractivity contribution in [1.29, 1.82) is 0 Å². The van der Waals surface area contributed by atoms with Crippen molar-refractivity contribution in [2.45, 2.75) is 38.5 Å². The van der Waals surface area contributed by atoms with Crippen LogP contribution in [0.5, 0.6) is 0 Å². The Kier molecular flexibility index (Phi) is 3.16. The molecule has 0 heterocycles. The number of hydrogen-bond donors (Lipinski definition) is 0. The molecule has 81 valence electrons. The van der Waals surface area contributed by atoms with E-state index >= 15 is 0 Å². The zero-order chi connectivity index (χ0) is 11.0. The molecule has 0 aliphatic heterocycles. The molecule has 1 saturated carbocycles. The quantitative estimate of drug-likeness (QED) is 0.714. The van der Waals surface area contributed by atoms with Gasteiger partial charge in [0.25, 0.3) is 0 Å². The van der Waals surface area contributed by atoms with Crippen LogP contribution in [0.25, 0.3) is 0 Å². The van der Waals surface area contributed by atoms with Gasteiger partial charge in [-0.15, -0.1) is 0 Å². The Labute approximate surface area is 113 Å². The molecule has 1 fully saturated rings. The first kappa shape index (κ1) is 11.0. The molecule has 0 N–H and O–H groups in total. The zero-order valence-corrected chi connectivity index (χ0v) is 12.1. The van der Waals surface area contributed by atoms with E-state index in [-0.39, 0.29) is 0 Å². The van der Waals surface area contributed by atoms with E-state index in [0.29, 0.717) is 0 Å². The third-order valence-corrected chi connectivity index (χ3v) is 5.18. The molecule has 0 aromatic rings. The summed E-state index contributed by atoms with van der Waals surface area (Å²) >= 11 is 1.60. The van der Waals surface area contributed by atoms with Crippen molar-refractivity contribution in [1.82, 2.24) is 0 Å². The summed E-state index contributed by atoms with van der Waals surface area (Å²) in [5.41, 5.74) is 4.93. The second-order valence-electron chi connectivity index (χ2n) is 5.02. The van der Waals surface area contributed by atoms with Crippen LogP contribution in [0, 0.1) is 5.92 Å². The molecule has 0 spiro atoms. The van der Waals surface area contributed by atoms with E-state index in [1.165, 1.54) is 38.5 Å². The van der Waals surface area contributed by atoms with Gasteiger partial charge in [-0.25, -0.2) is 0 Å². The summed E-state index contributed by atoms with van der Waals surface area (Å²) in [7, 11) is 0. The van der Waals surface area contributed by atoms with Crippen molar-refractivity contribution >= 4 is 0 Å². The van der Waals surface area contributed by atoms with Gasteiger partial charge < -0.3 is 0 Å². The van der Waals surface area contributed by atoms with Crippen molar-refractivity contribution in [2.75, 3.05) is 0 Å². The van der Waals surface area contributed by atoms with Crippen LogP contribution in [-0.2, 0) is 24.7 Å². The number of hydrogen-bond acceptors (Lipinski definition) is 0. The maximum absolute atomic E-state index is 2.41. The molecule has 3 aliphatic carbocycles. The predicted molar refractivity (Wildman–Crippen MR) is 63.5 cm³/mol. The average Bonchev–Trinajstić information content (AvgIpc) is 2.95. The van der Waals surface area contributed by atoms with Gasteiger partial charge in [0, 0.05) is 0 Å². The minimum absolute atomic E-state index is 0.874. The van der Waals surface area contributed by atoms with Crippen LogP contribution in [-0.4, -0.2) is 0 Å². The first-order valence-electron chi connectivity index (χ1n) is 6.37. The molecule has 3 rings (SSSR count). The second-order valence-corrected chi connectivity index (χ2v) is 6.50. The van der Waals surface area contributed by atoms with Crippen LogP contribution >= 0.6 is 0 Å².